The van der Waals surface area contributed by atoms with Gasteiger partial charge in [0.05, 0.1) is 5.75 Å². The molecule has 1 N–H and O–H groups in total. The number of anilines is 1. The van der Waals surface area contributed by atoms with Gasteiger partial charge in [0.25, 0.3) is 0 Å². The molecule has 0 bridgehead atoms. The van der Waals surface area contributed by atoms with Crippen molar-refractivity contribution in [1.82, 2.24) is 15.1 Å². The van der Waals surface area contributed by atoms with E-state index in [1.807, 2.05) is 65.6 Å². The number of thioether (sulfide) groups is 1. The van der Waals surface area contributed by atoms with Crippen LogP contribution in [0.2, 0.25) is 0 Å². The van der Waals surface area contributed by atoms with Gasteiger partial charge in [0.2, 0.25) is 11.0 Å². The number of nitrogens with one attached hydrogen (secondary N) is 1. The average molecular weight is 413 g/mol. The number of rotatable bonds is 9. The predicted molar refractivity (Wildman–Crippen MR) is 117 cm³/mol. The van der Waals surface area contributed by atoms with E-state index >= 15 is 0 Å². The zero-order chi connectivity index (χ0) is 19.8. The number of aromatic nitrogens is 2. The molecule has 0 aliphatic heterocycles. The van der Waals surface area contributed by atoms with E-state index in [0.29, 0.717) is 24.9 Å². The van der Waals surface area contributed by atoms with Crippen molar-refractivity contribution in [2.75, 3.05) is 11.1 Å². The second-order valence-corrected chi connectivity index (χ2v) is 8.88. The molecule has 0 spiro atoms. The van der Waals surface area contributed by atoms with E-state index in [0.717, 1.165) is 20.6 Å². The Bertz CT molecular complexity index is 827. The van der Waals surface area contributed by atoms with Crippen molar-refractivity contribution in [2.24, 2.45) is 0 Å². The van der Waals surface area contributed by atoms with Gasteiger partial charge in [-0.2, -0.15) is 0 Å². The quantitative estimate of drug-likeness (QED) is 0.517. The lowest BCUT2D eigenvalue weighted by molar-refractivity contribution is -0.129. The summed E-state index contributed by atoms with van der Waals surface area (Å²) in [5.74, 6) is 0.432. The van der Waals surface area contributed by atoms with Crippen molar-refractivity contribution in [3.05, 3.63) is 71.8 Å². The van der Waals surface area contributed by atoms with Gasteiger partial charge in [-0.1, -0.05) is 83.8 Å². The van der Waals surface area contributed by atoms with Crippen LogP contribution in [0.15, 0.2) is 65.0 Å². The standard InChI is InChI=1S/C21H24N4OS2/c1-16(2)22-20-23-24-21(28-20)27-15-19(26)25(13-17-9-5-3-6-10-17)14-18-11-7-4-8-12-18/h3-12,16H,13-15H2,1-2H3,(H,22,23). The third kappa shape index (κ3) is 6.35. The fourth-order valence-electron chi connectivity index (χ4n) is 2.63. The lowest BCUT2D eigenvalue weighted by atomic mass is 10.1. The predicted octanol–water partition coefficient (Wildman–Crippen LogP) is 4.68. The number of carbonyl (C=O) groups excluding carboxylic acids is 1. The minimum atomic E-state index is 0.0891. The van der Waals surface area contributed by atoms with Gasteiger partial charge in [0, 0.05) is 19.1 Å². The molecule has 3 rings (SSSR count). The first-order chi connectivity index (χ1) is 13.6. The number of carbonyl (C=O) groups is 1. The van der Waals surface area contributed by atoms with Crippen LogP contribution >= 0.6 is 23.1 Å². The second-order valence-electron chi connectivity index (χ2n) is 6.68. The molecule has 7 heteroatoms. The van der Waals surface area contributed by atoms with Gasteiger partial charge in [0.15, 0.2) is 4.34 Å². The zero-order valence-corrected chi connectivity index (χ0v) is 17.7. The van der Waals surface area contributed by atoms with Crippen molar-refractivity contribution in [2.45, 2.75) is 37.3 Å². The summed E-state index contributed by atoms with van der Waals surface area (Å²) in [6.07, 6.45) is 0. The van der Waals surface area contributed by atoms with Crippen molar-refractivity contribution in [1.29, 1.82) is 0 Å². The van der Waals surface area contributed by atoms with Crippen molar-refractivity contribution in [3.63, 3.8) is 0 Å². The van der Waals surface area contributed by atoms with Crippen molar-refractivity contribution >= 4 is 34.1 Å². The fourth-order valence-corrected chi connectivity index (χ4v) is 4.43. The van der Waals surface area contributed by atoms with Gasteiger partial charge in [0.1, 0.15) is 0 Å². The van der Waals surface area contributed by atoms with Crippen molar-refractivity contribution in [3.8, 4) is 0 Å². The van der Waals surface area contributed by atoms with E-state index < -0.39 is 0 Å². The SMILES string of the molecule is CC(C)Nc1nnc(SCC(=O)N(Cc2ccccc2)Cc2ccccc2)s1. The first-order valence-electron chi connectivity index (χ1n) is 9.18. The lowest BCUT2D eigenvalue weighted by Crippen LogP contribution is -2.31. The van der Waals surface area contributed by atoms with Crippen LogP contribution in [0.25, 0.3) is 0 Å². The normalized spacial score (nSPS) is 10.8. The minimum absolute atomic E-state index is 0.0891. The smallest absolute Gasteiger partial charge is 0.233 e. The molecule has 3 aromatic rings. The third-order valence-electron chi connectivity index (χ3n) is 3.92. The maximum Gasteiger partial charge on any atom is 0.233 e. The highest BCUT2D eigenvalue weighted by atomic mass is 32.2. The van der Waals surface area contributed by atoms with Gasteiger partial charge >= 0.3 is 0 Å². The van der Waals surface area contributed by atoms with Gasteiger partial charge in [-0.05, 0) is 25.0 Å². The Labute approximate surface area is 174 Å². The second kappa shape index (κ2) is 10.2. The number of hydrogen-bond donors (Lipinski definition) is 1. The molecule has 0 atom stereocenters. The van der Waals surface area contributed by atoms with Crippen LogP contribution in [-0.4, -0.2) is 32.8 Å². The topological polar surface area (TPSA) is 58.1 Å². The van der Waals surface area contributed by atoms with Crippen molar-refractivity contribution < 1.29 is 4.79 Å². The summed E-state index contributed by atoms with van der Waals surface area (Å²) in [6, 6.07) is 20.5. The summed E-state index contributed by atoms with van der Waals surface area (Å²) < 4.78 is 0.802. The van der Waals surface area contributed by atoms with Gasteiger partial charge in [-0.3, -0.25) is 4.79 Å². The highest BCUT2D eigenvalue weighted by Crippen LogP contribution is 2.26. The molecular weight excluding hydrogens is 388 g/mol. The largest absolute Gasteiger partial charge is 0.358 e. The Balaban J connectivity index is 1.64. The Hall–Kier alpha value is -2.38. The third-order valence-corrected chi connectivity index (χ3v) is 5.90. The Morgan fingerprint density at radius 2 is 1.57 bits per heavy atom. The van der Waals surface area contributed by atoms with Crippen LogP contribution in [-0.2, 0) is 17.9 Å². The van der Waals surface area contributed by atoms with Crippen LogP contribution in [0, 0.1) is 0 Å². The molecule has 1 heterocycles. The summed E-state index contributed by atoms with van der Waals surface area (Å²) >= 11 is 2.92. The monoisotopic (exact) mass is 412 g/mol. The lowest BCUT2D eigenvalue weighted by Gasteiger charge is -2.23. The Morgan fingerprint density at radius 1 is 1.00 bits per heavy atom. The summed E-state index contributed by atoms with van der Waals surface area (Å²) in [5, 5.41) is 12.3. The molecule has 0 saturated carbocycles. The van der Waals surface area contributed by atoms with Gasteiger partial charge < -0.3 is 10.2 Å². The van der Waals surface area contributed by atoms with Gasteiger partial charge in [-0.15, -0.1) is 10.2 Å². The van der Waals surface area contributed by atoms with Crippen LogP contribution in [0.4, 0.5) is 5.13 Å². The van der Waals surface area contributed by atoms with E-state index in [-0.39, 0.29) is 5.91 Å². The maximum atomic E-state index is 13.0. The molecule has 0 fully saturated rings. The van der Waals surface area contributed by atoms with E-state index in [1.54, 1.807) is 0 Å². The molecule has 1 aromatic heterocycles. The average Bonchev–Trinajstić information content (AvgIpc) is 3.14. The zero-order valence-electron chi connectivity index (χ0n) is 16.0. The van der Waals surface area contributed by atoms with E-state index in [4.69, 9.17) is 0 Å². The highest BCUT2D eigenvalue weighted by molar-refractivity contribution is 8.01. The van der Waals surface area contributed by atoms with Crippen LogP contribution in [0.3, 0.4) is 0 Å². The number of hydrogen-bond acceptors (Lipinski definition) is 6. The maximum absolute atomic E-state index is 13.0. The van der Waals surface area contributed by atoms with Crippen LogP contribution in [0.5, 0.6) is 0 Å². The minimum Gasteiger partial charge on any atom is -0.358 e. The first-order valence-corrected chi connectivity index (χ1v) is 11.0. The van der Waals surface area contributed by atoms with Crippen LogP contribution in [0.1, 0.15) is 25.0 Å². The first kappa shape index (κ1) is 20.4. The van der Waals surface area contributed by atoms with Gasteiger partial charge in [-0.25, -0.2) is 0 Å². The number of nitrogens with zero attached hydrogens (tertiary/aromatic N) is 3. The van der Waals surface area contributed by atoms with E-state index in [1.165, 1.54) is 23.1 Å². The molecule has 1 amide bonds. The molecule has 0 aliphatic carbocycles. The fraction of sp³-hybridized carbons (Fsp3) is 0.286. The molecule has 0 unspecified atom stereocenters. The summed E-state index contributed by atoms with van der Waals surface area (Å²) in [4.78, 5) is 14.9. The number of benzene rings is 2. The Kier molecular flexibility index (Phi) is 7.45. The van der Waals surface area contributed by atoms with Crippen LogP contribution < -0.4 is 5.32 Å². The number of amides is 1. The molecular formula is C21H24N4OS2. The van der Waals surface area contributed by atoms with E-state index in [2.05, 4.69) is 29.4 Å². The molecule has 0 radical (unpaired) electrons. The summed E-state index contributed by atoms with van der Waals surface area (Å²) in [6.45, 7) is 5.29. The Morgan fingerprint density at radius 3 is 2.11 bits per heavy atom. The summed E-state index contributed by atoms with van der Waals surface area (Å²) in [7, 11) is 0. The van der Waals surface area contributed by atoms with E-state index in [9.17, 15) is 4.79 Å². The molecule has 0 saturated heterocycles. The highest BCUT2D eigenvalue weighted by Gasteiger charge is 2.16. The molecule has 5 nitrogen and oxygen atoms in total. The molecule has 0 aliphatic rings. The summed E-state index contributed by atoms with van der Waals surface area (Å²) in [5.41, 5.74) is 2.24. The molecule has 28 heavy (non-hydrogen) atoms. The molecule has 2 aromatic carbocycles. The molecule has 146 valence electrons.